The Balaban J connectivity index is 1.63. The molecule has 96 valence electrons. The standard InChI is InChI=1S/C14H19N3O/c15-10-12-6-7-14(17-11-12)16-8-3-5-13-4-1-2-9-18-13/h6-7,11,13H,1-5,8-9H2,(H,16,17). The smallest absolute Gasteiger partial charge is 0.125 e. The van der Waals surface area contributed by atoms with E-state index in [0.717, 1.165) is 31.8 Å². The highest BCUT2D eigenvalue weighted by Gasteiger charge is 2.12. The van der Waals surface area contributed by atoms with Crippen LogP contribution < -0.4 is 5.32 Å². The average molecular weight is 245 g/mol. The molecule has 0 saturated carbocycles. The summed E-state index contributed by atoms with van der Waals surface area (Å²) in [6.45, 7) is 1.83. The third-order valence-electron chi connectivity index (χ3n) is 3.18. The summed E-state index contributed by atoms with van der Waals surface area (Å²) < 4.78 is 5.68. The second kappa shape index (κ2) is 6.97. The Labute approximate surface area is 108 Å². The predicted molar refractivity (Wildman–Crippen MR) is 70.3 cm³/mol. The van der Waals surface area contributed by atoms with Gasteiger partial charge in [-0.2, -0.15) is 5.26 Å². The Morgan fingerprint density at radius 1 is 1.44 bits per heavy atom. The normalized spacial score (nSPS) is 19.2. The summed E-state index contributed by atoms with van der Waals surface area (Å²) >= 11 is 0. The molecule has 1 unspecified atom stereocenters. The van der Waals surface area contributed by atoms with Gasteiger partial charge in [0.15, 0.2) is 0 Å². The van der Waals surface area contributed by atoms with Crippen molar-refractivity contribution in [2.45, 2.75) is 38.2 Å². The summed E-state index contributed by atoms with van der Waals surface area (Å²) in [6, 6.07) is 5.68. The maximum atomic E-state index is 8.66. The highest BCUT2D eigenvalue weighted by atomic mass is 16.5. The second-order valence-electron chi connectivity index (χ2n) is 4.60. The first-order valence-corrected chi connectivity index (χ1v) is 6.60. The number of nitrogens with zero attached hydrogens (tertiary/aromatic N) is 2. The largest absolute Gasteiger partial charge is 0.378 e. The summed E-state index contributed by atoms with van der Waals surface area (Å²) in [6.07, 6.45) is 7.96. The van der Waals surface area contributed by atoms with Gasteiger partial charge in [-0.1, -0.05) is 0 Å². The molecule has 1 saturated heterocycles. The van der Waals surface area contributed by atoms with Gasteiger partial charge in [0.25, 0.3) is 0 Å². The summed E-state index contributed by atoms with van der Waals surface area (Å²) in [4.78, 5) is 4.17. The SMILES string of the molecule is N#Cc1ccc(NCCCC2CCCCO2)nc1. The van der Waals surface area contributed by atoms with E-state index in [1.165, 1.54) is 19.3 Å². The first kappa shape index (κ1) is 12.8. The average Bonchev–Trinajstić information content (AvgIpc) is 2.45. The first-order chi connectivity index (χ1) is 8.88. The molecule has 0 radical (unpaired) electrons. The van der Waals surface area contributed by atoms with E-state index in [1.807, 2.05) is 6.07 Å². The van der Waals surface area contributed by atoms with E-state index in [9.17, 15) is 0 Å². The lowest BCUT2D eigenvalue weighted by atomic mass is 10.0. The van der Waals surface area contributed by atoms with Crippen molar-refractivity contribution >= 4 is 5.82 Å². The zero-order valence-electron chi connectivity index (χ0n) is 10.6. The third kappa shape index (κ3) is 4.01. The minimum absolute atomic E-state index is 0.453. The number of anilines is 1. The Morgan fingerprint density at radius 2 is 2.39 bits per heavy atom. The minimum atomic E-state index is 0.453. The summed E-state index contributed by atoms with van der Waals surface area (Å²) in [7, 11) is 0. The van der Waals surface area contributed by atoms with Crippen LogP contribution in [0.15, 0.2) is 18.3 Å². The number of nitriles is 1. The molecule has 0 bridgehead atoms. The van der Waals surface area contributed by atoms with Crippen LogP contribution in [0, 0.1) is 11.3 Å². The van der Waals surface area contributed by atoms with Gasteiger partial charge in [0.2, 0.25) is 0 Å². The fourth-order valence-electron chi connectivity index (χ4n) is 2.15. The minimum Gasteiger partial charge on any atom is -0.378 e. The second-order valence-corrected chi connectivity index (χ2v) is 4.60. The molecule has 1 aromatic heterocycles. The van der Waals surface area contributed by atoms with Crippen LogP contribution in [0.5, 0.6) is 0 Å². The number of nitrogens with one attached hydrogen (secondary N) is 1. The van der Waals surface area contributed by atoms with Crippen LogP contribution in [0.4, 0.5) is 5.82 Å². The molecule has 0 spiro atoms. The highest BCUT2D eigenvalue weighted by molar-refractivity contribution is 5.38. The van der Waals surface area contributed by atoms with Crippen LogP contribution in [-0.2, 0) is 4.74 Å². The molecule has 1 atom stereocenters. The Kier molecular flexibility index (Phi) is 4.98. The molecule has 1 aliphatic rings. The van der Waals surface area contributed by atoms with Crippen molar-refractivity contribution in [3.05, 3.63) is 23.9 Å². The van der Waals surface area contributed by atoms with E-state index in [4.69, 9.17) is 10.00 Å². The Morgan fingerprint density at radius 3 is 3.06 bits per heavy atom. The van der Waals surface area contributed by atoms with Gasteiger partial charge in [-0.05, 0) is 44.2 Å². The molecule has 1 N–H and O–H groups in total. The van der Waals surface area contributed by atoms with E-state index in [1.54, 1.807) is 12.3 Å². The van der Waals surface area contributed by atoms with Crippen molar-refractivity contribution in [2.75, 3.05) is 18.5 Å². The zero-order valence-corrected chi connectivity index (χ0v) is 10.6. The fourth-order valence-corrected chi connectivity index (χ4v) is 2.15. The van der Waals surface area contributed by atoms with Crippen molar-refractivity contribution in [1.29, 1.82) is 5.26 Å². The van der Waals surface area contributed by atoms with Crippen molar-refractivity contribution in [2.24, 2.45) is 0 Å². The van der Waals surface area contributed by atoms with Gasteiger partial charge < -0.3 is 10.1 Å². The molecule has 0 aliphatic carbocycles. The van der Waals surface area contributed by atoms with Crippen LogP contribution in [0.3, 0.4) is 0 Å². The van der Waals surface area contributed by atoms with E-state index < -0.39 is 0 Å². The van der Waals surface area contributed by atoms with Crippen molar-refractivity contribution in [3.63, 3.8) is 0 Å². The molecule has 0 aromatic carbocycles. The van der Waals surface area contributed by atoms with Crippen LogP contribution >= 0.6 is 0 Å². The van der Waals surface area contributed by atoms with Crippen LogP contribution in [0.1, 0.15) is 37.7 Å². The molecule has 1 aliphatic heterocycles. The number of aromatic nitrogens is 1. The van der Waals surface area contributed by atoms with Gasteiger partial charge in [-0.3, -0.25) is 0 Å². The number of ether oxygens (including phenoxy) is 1. The third-order valence-corrected chi connectivity index (χ3v) is 3.18. The topological polar surface area (TPSA) is 57.9 Å². The monoisotopic (exact) mass is 245 g/mol. The molecule has 0 amide bonds. The van der Waals surface area contributed by atoms with Crippen molar-refractivity contribution in [3.8, 4) is 6.07 Å². The van der Waals surface area contributed by atoms with Gasteiger partial charge in [0, 0.05) is 19.3 Å². The number of pyridine rings is 1. The Hall–Kier alpha value is -1.60. The predicted octanol–water partition coefficient (Wildman–Crippen LogP) is 2.71. The van der Waals surface area contributed by atoms with Crippen molar-refractivity contribution < 1.29 is 4.74 Å². The molecular formula is C14H19N3O. The van der Waals surface area contributed by atoms with E-state index in [-0.39, 0.29) is 0 Å². The maximum Gasteiger partial charge on any atom is 0.125 e. The van der Waals surface area contributed by atoms with Gasteiger partial charge in [-0.15, -0.1) is 0 Å². The molecule has 4 heteroatoms. The number of hydrogen-bond donors (Lipinski definition) is 1. The molecule has 1 fully saturated rings. The lowest BCUT2D eigenvalue weighted by Crippen LogP contribution is -2.19. The van der Waals surface area contributed by atoms with Gasteiger partial charge >= 0.3 is 0 Å². The van der Waals surface area contributed by atoms with Crippen LogP contribution in [0.25, 0.3) is 0 Å². The van der Waals surface area contributed by atoms with Gasteiger partial charge in [-0.25, -0.2) is 4.98 Å². The lowest BCUT2D eigenvalue weighted by Gasteiger charge is -2.22. The Bertz CT molecular complexity index is 390. The molecule has 4 nitrogen and oxygen atoms in total. The van der Waals surface area contributed by atoms with Crippen molar-refractivity contribution in [1.82, 2.24) is 4.98 Å². The maximum absolute atomic E-state index is 8.66. The highest BCUT2D eigenvalue weighted by Crippen LogP contribution is 2.16. The molecule has 2 rings (SSSR count). The molecule has 18 heavy (non-hydrogen) atoms. The zero-order chi connectivity index (χ0) is 12.6. The van der Waals surface area contributed by atoms with Crippen LogP contribution in [0.2, 0.25) is 0 Å². The lowest BCUT2D eigenvalue weighted by molar-refractivity contribution is 0.0107. The first-order valence-electron chi connectivity index (χ1n) is 6.60. The van der Waals surface area contributed by atoms with Gasteiger partial charge in [0.05, 0.1) is 11.7 Å². The summed E-state index contributed by atoms with van der Waals surface area (Å²) in [5, 5.41) is 11.9. The molecule has 2 heterocycles. The summed E-state index contributed by atoms with van der Waals surface area (Å²) in [5.41, 5.74) is 0.594. The molecule has 1 aromatic rings. The number of rotatable bonds is 5. The summed E-state index contributed by atoms with van der Waals surface area (Å²) in [5.74, 6) is 0.832. The molecular weight excluding hydrogens is 226 g/mol. The van der Waals surface area contributed by atoms with E-state index in [0.29, 0.717) is 11.7 Å². The van der Waals surface area contributed by atoms with Crippen LogP contribution in [-0.4, -0.2) is 24.2 Å². The van der Waals surface area contributed by atoms with E-state index >= 15 is 0 Å². The fraction of sp³-hybridized carbons (Fsp3) is 0.571. The van der Waals surface area contributed by atoms with Gasteiger partial charge in [0.1, 0.15) is 11.9 Å². The number of hydrogen-bond acceptors (Lipinski definition) is 4. The van der Waals surface area contributed by atoms with E-state index in [2.05, 4.69) is 16.4 Å². The quantitative estimate of drug-likeness (QED) is 0.810.